The first kappa shape index (κ1) is 15.1. The molecule has 0 amide bonds. The van der Waals surface area contributed by atoms with Crippen LogP contribution in [-0.2, 0) is 6.18 Å². The zero-order valence-corrected chi connectivity index (χ0v) is 11.5. The van der Waals surface area contributed by atoms with Crippen molar-refractivity contribution in [1.82, 2.24) is 4.98 Å². The average Bonchev–Trinajstić information content (AvgIpc) is 2.95. The Morgan fingerprint density at radius 1 is 0.913 bits per heavy atom. The molecule has 7 heteroatoms. The van der Waals surface area contributed by atoms with Gasteiger partial charge in [-0.25, -0.2) is 9.37 Å². The van der Waals surface area contributed by atoms with E-state index in [1.807, 2.05) is 0 Å². The Labute approximate surface area is 128 Å². The molecular weight excluding hydrogens is 314 g/mol. The van der Waals surface area contributed by atoms with Crippen molar-refractivity contribution in [2.75, 3.05) is 0 Å². The molecular formula is C16H9F4NO2. The molecule has 0 radical (unpaired) electrons. The van der Waals surface area contributed by atoms with Gasteiger partial charge >= 0.3 is 12.1 Å². The van der Waals surface area contributed by atoms with E-state index in [-0.39, 0.29) is 11.6 Å². The van der Waals surface area contributed by atoms with Crippen LogP contribution in [0.3, 0.4) is 0 Å². The number of oxazole rings is 1. The molecule has 0 unspecified atom stereocenters. The van der Waals surface area contributed by atoms with Gasteiger partial charge in [-0.3, -0.25) is 0 Å². The van der Waals surface area contributed by atoms with Crippen molar-refractivity contribution in [2.45, 2.75) is 6.18 Å². The minimum atomic E-state index is -4.74. The van der Waals surface area contributed by atoms with Crippen LogP contribution < -0.4 is 4.74 Å². The van der Waals surface area contributed by atoms with Gasteiger partial charge in [0, 0.05) is 5.56 Å². The van der Waals surface area contributed by atoms with Crippen LogP contribution in [0.1, 0.15) is 5.69 Å². The van der Waals surface area contributed by atoms with Crippen molar-refractivity contribution in [2.24, 2.45) is 0 Å². The Morgan fingerprint density at radius 2 is 1.57 bits per heavy atom. The maximum atomic E-state index is 13.1. The number of hydrogen-bond acceptors (Lipinski definition) is 3. The molecule has 0 atom stereocenters. The van der Waals surface area contributed by atoms with E-state index < -0.39 is 23.6 Å². The Balaban J connectivity index is 2.01. The van der Waals surface area contributed by atoms with Crippen molar-refractivity contribution < 1.29 is 26.7 Å². The molecule has 0 spiro atoms. The molecule has 0 aliphatic carbocycles. The highest BCUT2D eigenvalue weighted by molar-refractivity contribution is 5.54. The largest absolute Gasteiger partial charge is 0.440 e. The van der Waals surface area contributed by atoms with E-state index in [0.29, 0.717) is 5.56 Å². The second-order valence-corrected chi connectivity index (χ2v) is 4.57. The number of rotatable bonds is 3. The van der Waals surface area contributed by atoms with Crippen LogP contribution in [0.4, 0.5) is 17.6 Å². The summed E-state index contributed by atoms with van der Waals surface area (Å²) in [4.78, 5) is 3.47. The van der Waals surface area contributed by atoms with Crippen LogP contribution in [-0.4, -0.2) is 4.98 Å². The third-order valence-electron chi connectivity index (χ3n) is 2.91. The van der Waals surface area contributed by atoms with Gasteiger partial charge < -0.3 is 9.15 Å². The lowest BCUT2D eigenvalue weighted by atomic mass is 10.2. The van der Waals surface area contributed by atoms with Crippen LogP contribution in [0.5, 0.6) is 11.7 Å². The van der Waals surface area contributed by atoms with Crippen LogP contribution in [0.2, 0.25) is 0 Å². The number of nitrogens with zero attached hydrogens (tertiary/aromatic N) is 1. The van der Waals surface area contributed by atoms with E-state index in [4.69, 9.17) is 9.15 Å². The van der Waals surface area contributed by atoms with E-state index in [1.54, 1.807) is 30.3 Å². The molecule has 0 bridgehead atoms. The number of hydrogen-bond donors (Lipinski definition) is 0. The number of halogens is 4. The van der Waals surface area contributed by atoms with Gasteiger partial charge in [0.05, 0.1) is 0 Å². The first-order chi connectivity index (χ1) is 10.9. The first-order valence-electron chi connectivity index (χ1n) is 6.50. The van der Waals surface area contributed by atoms with Crippen molar-refractivity contribution in [3.05, 3.63) is 66.1 Å². The van der Waals surface area contributed by atoms with Gasteiger partial charge in [-0.1, -0.05) is 18.2 Å². The summed E-state index contributed by atoms with van der Waals surface area (Å²) in [7, 11) is 0. The van der Waals surface area contributed by atoms with E-state index in [2.05, 4.69) is 4.98 Å². The summed E-state index contributed by atoms with van der Waals surface area (Å²) in [5.41, 5.74) is -0.896. The van der Waals surface area contributed by atoms with E-state index in [1.165, 1.54) is 12.1 Å². The van der Waals surface area contributed by atoms with E-state index >= 15 is 0 Å². The fourth-order valence-corrected chi connectivity index (χ4v) is 1.87. The summed E-state index contributed by atoms with van der Waals surface area (Å²) in [6.07, 6.45) is -4.74. The molecule has 3 aromatic rings. The quantitative estimate of drug-likeness (QED) is 0.614. The number of alkyl halides is 3. The summed E-state index contributed by atoms with van der Waals surface area (Å²) < 4.78 is 62.3. The van der Waals surface area contributed by atoms with Gasteiger partial charge in [-0.15, -0.1) is 0 Å². The summed E-state index contributed by atoms with van der Waals surface area (Å²) in [5.74, 6) is -1.53. The predicted octanol–water partition coefficient (Wildman–Crippen LogP) is 5.29. The van der Waals surface area contributed by atoms with Crippen LogP contribution in [0.15, 0.2) is 59.0 Å². The summed E-state index contributed by atoms with van der Waals surface area (Å²) in [5, 5.41) is 0. The molecule has 0 saturated carbocycles. The second kappa shape index (κ2) is 5.75. The molecule has 0 aliphatic heterocycles. The monoisotopic (exact) mass is 323 g/mol. The van der Waals surface area contributed by atoms with Crippen LogP contribution >= 0.6 is 0 Å². The molecule has 0 saturated heterocycles. The Kier molecular flexibility index (Phi) is 3.77. The minimum Gasteiger partial charge on any atom is -0.424 e. The Hall–Kier alpha value is -2.83. The third kappa shape index (κ3) is 3.33. The van der Waals surface area contributed by atoms with Gasteiger partial charge in [0.25, 0.3) is 0 Å². The SMILES string of the molecule is Fc1ccc(Oc2oc(-c3ccccc3)nc2C(F)(F)F)cc1. The summed E-state index contributed by atoms with van der Waals surface area (Å²) in [6, 6.07) is 12.7. The molecule has 3 rings (SSSR count). The van der Waals surface area contributed by atoms with Crippen molar-refractivity contribution in [3.63, 3.8) is 0 Å². The molecule has 0 N–H and O–H groups in total. The van der Waals surface area contributed by atoms with Crippen molar-refractivity contribution >= 4 is 0 Å². The molecule has 3 nitrogen and oxygen atoms in total. The summed E-state index contributed by atoms with van der Waals surface area (Å²) >= 11 is 0. The lowest BCUT2D eigenvalue weighted by molar-refractivity contribution is -0.142. The molecule has 23 heavy (non-hydrogen) atoms. The Bertz CT molecular complexity index is 795. The lowest BCUT2D eigenvalue weighted by Crippen LogP contribution is -2.07. The molecule has 118 valence electrons. The smallest absolute Gasteiger partial charge is 0.424 e. The van der Waals surface area contributed by atoms with Gasteiger partial charge in [-0.05, 0) is 36.4 Å². The van der Waals surface area contributed by atoms with Crippen molar-refractivity contribution in [3.8, 4) is 23.1 Å². The number of ether oxygens (including phenoxy) is 1. The maximum absolute atomic E-state index is 13.1. The van der Waals surface area contributed by atoms with Gasteiger partial charge in [-0.2, -0.15) is 13.2 Å². The average molecular weight is 323 g/mol. The highest BCUT2D eigenvalue weighted by Crippen LogP contribution is 2.40. The highest BCUT2D eigenvalue weighted by atomic mass is 19.4. The molecule has 0 fully saturated rings. The number of aromatic nitrogens is 1. The topological polar surface area (TPSA) is 35.3 Å². The zero-order chi connectivity index (χ0) is 16.4. The molecule has 0 aliphatic rings. The molecule has 1 heterocycles. The predicted molar refractivity (Wildman–Crippen MR) is 73.4 cm³/mol. The minimum absolute atomic E-state index is 0.00709. The highest BCUT2D eigenvalue weighted by Gasteiger charge is 2.40. The normalized spacial score (nSPS) is 11.5. The lowest BCUT2D eigenvalue weighted by Gasteiger charge is -2.05. The van der Waals surface area contributed by atoms with Crippen molar-refractivity contribution in [1.29, 1.82) is 0 Å². The standard InChI is InChI=1S/C16H9F4NO2/c17-11-6-8-12(9-7-11)22-15-13(16(18,19)20)21-14(23-15)10-4-2-1-3-5-10/h1-9H. The van der Waals surface area contributed by atoms with Gasteiger partial charge in [0.2, 0.25) is 11.6 Å². The second-order valence-electron chi connectivity index (χ2n) is 4.57. The van der Waals surface area contributed by atoms with Gasteiger partial charge in [0.15, 0.2) is 0 Å². The summed E-state index contributed by atoms with van der Waals surface area (Å²) in [6.45, 7) is 0. The van der Waals surface area contributed by atoms with Crippen LogP contribution in [0, 0.1) is 5.82 Å². The number of benzene rings is 2. The van der Waals surface area contributed by atoms with Gasteiger partial charge in [0.1, 0.15) is 11.6 Å². The molecule has 2 aromatic carbocycles. The maximum Gasteiger partial charge on any atom is 0.440 e. The fourth-order valence-electron chi connectivity index (χ4n) is 1.87. The van der Waals surface area contributed by atoms with Crippen LogP contribution in [0.25, 0.3) is 11.5 Å². The molecule has 1 aromatic heterocycles. The zero-order valence-electron chi connectivity index (χ0n) is 11.5. The third-order valence-corrected chi connectivity index (χ3v) is 2.91. The van der Waals surface area contributed by atoms with E-state index in [0.717, 1.165) is 12.1 Å². The first-order valence-corrected chi connectivity index (χ1v) is 6.50. The Morgan fingerprint density at radius 3 is 2.17 bits per heavy atom. The van der Waals surface area contributed by atoms with E-state index in [9.17, 15) is 17.6 Å². The fraction of sp³-hybridized carbons (Fsp3) is 0.0625.